The van der Waals surface area contributed by atoms with Crippen molar-refractivity contribution in [1.82, 2.24) is 9.97 Å². The molecule has 0 bridgehead atoms. The average molecular weight is 371 g/mol. The number of benzene rings is 2. The van der Waals surface area contributed by atoms with Gasteiger partial charge in [0.05, 0.1) is 18.5 Å². The Bertz CT molecular complexity index is 810. The standard InChI is InChI=1S/C17H15BrN4O/c1-23-15-9-5-4-8-14(15)22-17-10-16(19-11-20-17)21-13-7-3-2-6-12(13)18/h2-11H,1H3,(H2,19,20,21,22). The number of nitrogens with zero attached hydrogens (tertiary/aromatic N) is 2. The Morgan fingerprint density at radius 1 is 0.870 bits per heavy atom. The van der Waals surface area contributed by atoms with Gasteiger partial charge in [-0.05, 0) is 40.2 Å². The number of aromatic nitrogens is 2. The summed E-state index contributed by atoms with van der Waals surface area (Å²) >= 11 is 3.51. The number of para-hydroxylation sites is 3. The predicted molar refractivity (Wildman–Crippen MR) is 95.7 cm³/mol. The first-order chi connectivity index (χ1) is 11.3. The molecule has 3 aromatic rings. The lowest BCUT2D eigenvalue weighted by Crippen LogP contribution is -2.00. The molecule has 0 fully saturated rings. The van der Waals surface area contributed by atoms with E-state index in [-0.39, 0.29) is 0 Å². The van der Waals surface area contributed by atoms with Gasteiger partial charge < -0.3 is 15.4 Å². The Hall–Kier alpha value is -2.60. The summed E-state index contributed by atoms with van der Waals surface area (Å²) in [5, 5.41) is 6.49. The summed E-state index contributed by atoms with van der Waals surface area (Å²) in [6, 6.07) is 17.4. The molecule has 0 amide bonds. The van der Waals surface area contributed by atoms with Crippen LogP contribution in [0.25, 0.3) is 0 Å². The van der Waals surface area contributed by atoms with Gasteiger partial charge in [-0.15, -0.1) is 0 Å². The molecule has 1 heterocycles. The molecule has 0 saturated heterocycles. The molecule has 6 heteroatoms. The molecule has 23 heavy (non-hydrogen) atoms. The van der Waals surface area contributed by atoms with Crippen molar-refractivity contribution in [2.45, 2.75) is 0 Å². The molecule has 5 nitrogen and oxygen atoms in total. The van der Waals surface area contributed by atoms with E-state index in [4.69, 9.17) is 4.74 Å². The first kappa shape index (κ1) is 15.3. The zero-order chi connectivity index (χ0) is 16.1. The maximum absolute atomic E-state index is 5.33. The van der Waals surface area contributed by atoms with Crippen LogP contribution >= 0.6 is 15.9 Å². The van der Waals surface area contributed by atoms with Crippen molar-refractivity contribution in [1.29, 1.82) is 0 Å². The maximum Gasteiger partial charge on any atom is 0.142 e. The van der Waals surface area contributed by atoms with E-state index in [0.29, 0.717) is 11.6 Å². The van der Waals surface area contributed by atoms with E-state index in [1.54, 1.807) is 7.11 Å². The molecule has 0 saturated carbocycles. The van der Waals surface area contributed by atoms with Gasteiger partial charge in [-0.3, -0.25) is 0 Å². The van der Waals surface area contributed by atoms with Crippen LogP contribution in [0.5, 0.6) is 5.75 Å². The molecule has 0 radical (unpaired) electrons. The van der Waals surface area contributed by atoms with Gasteiger partial charge in [-0.25, -0.2) is 9.97 Å². The Morgan fingerprint density at radius 3 is 2.17 bits per heavy atom. The van der Waals surface area contributed by atoms with Gasteiger partial charge >= 0.3 is 0 Å². The topological polar surface area (TPSA) is 59.1 Å². The molecule has 2 aromatic carbocycles. The number of hydrogen-bond acceptors (Lipinski definition) is 5. The van der Waals surface area contributed by atoms with Crippen molar-refractivity contribution >= 4 is 38.9 Å². The molecule has 1 aromatic heterocycles. The highest BCUT2D eigenvalue weighted by atomic mass is 79.9. The van der Waals surface area contributed by atoms with E-state index in [9.17, 15) is 0 Å². The van der Waals surface area contributed by atoms with Gasteiger partial charge in [-0.1, -0.05) is 24.3 Å². The monoisotopic (exact) mass is 370 g/mol. The summed E-state index contributed by atoms with van der Waals surface area (Å²) in [6.45, 7) is 0. The van der Waals surface area contributed by atoms with Crippen molar-refractivity contribution in [3.63, 3.8) is 0 Å². The second kappa shape index (κ2) is 7.11. The van der Waals surface area contributed by atoms with Crippen LogP contribution in [0.15, 0.2) is 65.4 Å². The number of rotatable bonds is 5. The normalized spacial score (nSPS) is 10.2. The summed E-state index contributed by atoms with van der Waals surface area (Å²) in [6.07, 6.45) is 1.51. The SMILES string of the molecule is COc1ccccc1Nc1cc(Nc2ccccc2Br)ncn1. The number of ether oxygens (including phenoxy) is 1. The number of nitrogens with one attached hydrogen (secondary N) is 2. The quantitative estimate of drug-likeness (QED) is 0.679. The van der Waals surface area contributed by atoms with Crippen LogP contribution in [-0.4, -0.2) is 17.1 Å². The van der Waals surface area contributed by atoms with E-state index < -0.39 is 0 Å². The number of halogens is 1. The van der Waals surface area contributed by atoms with E-state index in [0.717, 1.165) is 21.6 Å². The summed E-state index contributed by atoms with van der Waals surface area (Å²) in [4.78, 5) is 8.49. The van der Waals surface area contributed by atoms with Crippen molar-refractivity contribution in [2.75, 3.05) is 17.7 Å². The summed E-state index contributed by atoms with van der Waals surface area (Å²) in [5.74, 6) is 2.13. The lowest BCUT2D eigenvalue weighted by atomic mass is 10.3. The Balaban J connectivity index is 1.81. The van der Waals surface area contributed by atoms with Crippen molar-refractivity contribution in [2.24, 2.45) is 0 Å². The summed E-state index contributed by atoms with van der Waals surface area (Å²) < 4.78 is 6.30. The van der Waals surface area contributed by atoms with Crippen molar-refractivity contribution in [3.8, 4) is 5.75 Å². The first-order valence-electron chi connectivity index (χ1n) is 7.00. The second-order valence-electron chi connectivity index (χ2n) is 4.72. The van der Waals surface area contributed by atoms with E-state index in [1.807, 2.05) is 54.6 Å². The molecule has 116 valence electrons. The second-order valence-corrected chi connectivity index (χ2v) is 5.57. The van der Waals surface area contributed by atoms with Gasteiger partial charge in [0.2, 0.25) is 0 Å². The minimum Gasteiger partial charge on any atom is -0.495 e. The Morgan fingerprint density at radius 2 is 1.48 bits per heavy atom. The van der Waals surface area contributed by atoms with Crippen LogP contribution in [0.3, 0.4) is 0 Å². The fourth-order valence-electron chi connectivity index (χ4n) is 2.08. The lowest BCUT2D eigenvalue weighted by molar-refractivity contribution is 0.417. The van der Waals surface area contributed by atoms with Crippen molar-refractivity contribution in [3.05, 3.63) is 65.4 Å². The van der Waals surface area contributed by atoms with Crippen LogP contribution in [0.1, 0.15) is 0 Å². The Kier molecular flexibility index (Phi) is 4.73. The zero-order valence-electron chi connectivity index (χ0n) is 12.5. The third-order valence-electron chi connectivity index (χ3n) is 3.17. The van der Waals surface area contributed by atoms with Gasteiger partial charge in [0.1, 0.15) is 23.7 Å². The summed E-state index contributed by atoms with van der Waals surface area (Å²) in [7, 11) is 1.64. The fourth-order valence-corrected chi connectivity index (χ4v) is 2.46. The van der Waals surface area contributed by atoms with Crippen LogP contribution in [0, 0.1) is 0 Å². The molecular weight excluding hydrogens is 356 g/mol. The van der Waals surface area contributed by atoms with E-state index >= 15 is 0 Å². The van der Waals surface area contributed by atoms with E-state index in [2.05, 4.69) is 36.5 Å². The van der Waals surface area contributed by atoms with Crippen LogP contribution in [0.2, 0.25) is 0 Å². The molecule has 0 aliphatic carbocycles. The van der Waals surface area contributed by atoms with E-state index in [1.165, 1.54) is 6.33 Å². The maximum atomic E-state index is 5.33. The lowest BCUT2D eigenvalue weighted by Gasteiger charge is -2.12. The van der Waals surface area contributed by atoms with Gasteiger partial charge in [0.25, 0.3) is 0 Å². The van der Waals surface area contributed by atoms with Gasteiger partial charge in [0, 0.05) is 10.5 Å². The largest absolute Gasteiger partial charge is 0.495 e. The first-order valence-corrected chi connectivity index (χ1v) is 7.79. The highest BCUT2D eigenvalue weighted by Gasteiger charge is 2.05. The fraction of sp³-hybridized carbons (Fsp3) is 0.0588. The molecule has 0 aliphatic heterocycles. The average Bonchev–Trinajstić information content (AvgIpc) is 2.58. The third kappa shape index (κ3) is 3.78. The molecule has 0 unspecified atom stereocenters. The number of hydrogen-bond donors (Lipinski definition) is 2. The molecule has 0 spiro atoms. The predicted octanol–water partition coefficient (Wildman–Crippen LogP) is 4.73. The van der Waals surface area contributed by atoms with Crippen LogP contribution < -0.4 is 15.4 Å². The molecule has 3 rings (SSSR count). The zero-order valence-corrected chi connectivity index (χ0v) is 14.0. The molecule has 0 aliphatic rings. The minimum absolute atomic E-state index is 0.680. The molecule has 0 atom stereocenters. The number of methoxy groups -OCH3 is 1. The summed E-state index contributed by atoms with van der Waals surface area (Å²) in [5.41, 5.74) is 1.79. The smallest absolute Gasteiger partial charge is 0.142 e. The molecular formula is C17H15BrN4O. The van der Waals surface area contributed by atoms with Crippen LogP contribution in [0.4, 0.5) is 23.0 Å². The third-order valence-corrected chi connectivity index (χ3v) is 3.86. The Labute approximate surface area is 142 Å². The van der Waals surface area contributed by atoms with Gasteiger partial charge in [-0.2, -0.15) is 0 Å². The molecule has 2 N–H and O–H groups in total. The highest BCUT2D eigenvalue weighted by molar-refractivity contribution is 9.10. The van der Waals surface area contributed by atoms with Crippen molar-refractivity contribution < 1.29 is 4.74 Å². The highest BCUT2D eigenvalue weighted by Crippen LogP contribution is 2.28. The number of anilines is 4. The minimum atomic E-state index is 0.680. The van der Waals surface area contributed by atoms with Crippen LogP contribution in [-0.2, 0) is 0 Å². The van der Waals surface area contributed by atoms with Gasteiger partial charge in [0.15, 0.2) is 0 Å².